The van der Waals surface area contributed by atoms with Crippen LogP contribution in [0.25, 0.3) is 0 Å². The van der Waals surface area contributed by atoms with Crippen molar-refractivity contribution in [2.24, 2.45) is 0 Å². The Morgan fingerprint density at radius 3 is 2.44 bits per heavy atom. The third-order valence-corrected chi connectivity index (χ3v) is 2.21. The summed E-state index contributed by atoms with van der Waals surface area (Å²) in [5.74, 6) is 0. The van der Waals surface area contributed by atoms with Crippen molar-refractivity contribution in [2.75, 3.05) is 25.1 Å². The van der Waals surface area contributed by atoms with Gasteiger partial charge in [0.1, 0.15) is 0 Å². The molecule has 0 aliphatic heterocycles. The fraction of sp³-hybridized carbons (Fsp3) is 0.231. The average Bonchev–Trinajstić information content (AvgIpc) is 2.35. The number of rotatable bonds is 7. The maximum absolute atomic E-state index is 3.75. The highest BCUT2D eigenvalue weighted by molar-refractivity contribution is 5.43. The van der Waals surface area contributed by atoms with Crippen molar-refractivity contribution in [1.29, 1.82) is 0 Å². The first kappa shape index (κ1) is 12.5. The number of benzene rings is 1. The quantitative estimate of drug-likeness (QED) is 0.558. The molecule has 0 heterocycles. The monoisotopic (exact) mass is 217 g/mol. The highest BCUT2D eigenvalue weighted by Crippen LogP contribution is 2.12. The molecule has 0 radical (unpaired) electrons. The average molecular weight is 217 g/mol. The topological polar surface area (TPSA) is 18.5 Å². The summed E-state index contributed by atoms with van der Waals surface area (Å²) in [7, 11) is 2.01. The zero-order valence-electron chi connectivity index (χ0n) is 9.76. The highest BCUT2D eigenvalue weighted by Gasteiger charge is 2.08. The lowest BCUT2D eigenvalue weighted by Crippen LogP contribution is -2.49. The molecule has 86 valence electrons. The van der Waals surface area contributed by atoms with Crippen molar-refractivity contribution in [3.8, 4) is 0 Å². The van der Waals surface area contributed by atoms with Crippen LogP contribution in [0.4, 0.5) is 5.69 Å². The predicted octanol–water partition coefficient (Wildman–Crippen LogP) is 2.22. The maximum atomic E-state index is 3.75. The van der Waals surface area contributed by atoms with Gasteiger partial charge in [0.25, 0.3) is 0 Å². The van der Waals surface area contributed by atoms with Gasteiger partial charge in [-0.25, -0.2) is 5.43 Å². The van der Waals surface area contributed by atoms with Crippen LogP contribution in [0.1, 0.15) is 0 Å². The molecule has 0 aliphatic carbocycles. The number of hydrogen-bond acceptors (Lipinski definition) is 3. The fourth-order valence-electron chi connectivity index (χ4n) is 1.37. The van der Waals surface area contributed by atoms with E-state index in [1.807, 2.05) is 47.5 Å². The molecule has 0 bridgehead atoms. The van der Waals surface area contributed by atoms with E-state index in [4.69, 9.17) is 0 Å². The zero-order valence-corrected chi connectivity index (χ0v) is 9.76. The summed E-state index contributed by atoms with van der Waals surface area (Å²) in [5.41, 5.74) is 4.36. The van der Waals surface area contributed by atoms with Gasteiger partial charge in [0.2, 0.25) is 0 Å². The third kappa shape index (κ3) is 3.53. The van der Waals surface area contributed by atoms with Gasteiger partial charge in [-0.1, -0.05) is 30.4 Å². The van der Waals surface area contributed by atoms with E-state index < -0.39 is 0 Å². The summed E-state index contributed by atoms with van der Waals surface area (Å²) in [5, 5.41) is 4.04. The molecule has 3 nitrogen and oxygen atoms in total. The van der Waals surface area contributed by atoms with Crippen molar-refractivity contribution in [1.82, 2.24) is 10.5 Å². The minimum atomic E-state index is 0.727. The molecular weight excluding hydrogens is 198 g/mol. The van der Waals surface area contributed by atoms with Gasteiger partial charge in [0, 0.05) is 13.6 Å². The number of nitrogens with one attached hydrogen (secondary N) is 1. The van der Waals surface area contributed by atoms with Gasteiger partial charge in [-0.2, -0.15) is 5.12 Å². The van der Waals surface area contributed by atoms with Crippen LogP contribution in [-0.2, 0) is 0 Å². The molecule has 0 aromatic heterocycles. The van der Waals surface area contributed by atoms with E-state index in [-0.39, 0.29) is 0 Å². The Labute approximate surface area is 97.6 Å². The Kier molecular flexibility index (Phi) is 5.32. The molecule has 1 aromatic carbocycles. The number of hydrogen-bond donors (Lipinski definition) is 1. The van der Waals surface area contributed by atoms with E-state index in [9.17, 15) is 0 Å². The standard InChI is InChI=1S/C13H19N3/c1-4-11-14-16(12-5-2)15(3)13-9-7-6-8-10-13/h4-10,14H,1-2,11-12H2,3H3. The number of hydrazine groups is 2. The van der Waals surface area contributed by atoms with Crippen LogP contribution in [0.2, 0.25) is 0 Å². The van der Waals surface area contributed by atoms with E-state index in [0.717, 1.165) is 18.8 Å². The fourth-order valence-corrected chi connectivity index (χ4v) is 1.37. The van der Waals surface area contributed by atoms with Gasteiger partial charge in [0.15, 0.2) is 0 Å². The minimum absolute atomic E-state index is 0.727. The molecule has 0 amide bonds. The van der Waals surface area contributed by atoms with Crippen molar-refractivity contribution < 1.29 is 0 Å². The Morgan fingerprint density at radius 1 is 1.19 bits per heavy atom. The van der Waals surface area contributed by atoms with E-state index in [2.05, 4.69) is 30.7 Å². The molecule has 1 N–H and O–H groups in total. The molecule has 1 rings (SSSR count). The summed E-state index contributed by atoms with van der Waals surface area (Å²) in [4.78, 5) is 0. The van der Waals surface area contributed by atoms with Gasteiger partial charge < -0.3 is 0 Å². The van der Waals surface area contributed by atoms with Crippen LogP contribution < -0.4 is 10.4 Å². The molecule has 0 unspecified atom stereocenters. The largest absolute Gasteiger partial charge is 0.295 e. The number of anilines is 1. The second-order valence-electron chi connectivity index (χ2n) is 3.38. The van der Waals surface area contributed by atoms with E-state index in [1.54, 1.807) is 0 Å². The van der Waals surface area contributed by atoms with Crippen molar-refractivity contribution in [2.45, 2.75) is 0 Å². The van der Waals surface area contributed by atoms with Gasteiger partial charge in [0.05, 0.1) is 12.2 Å². The number of para-hydroxylation sites is 1. The summed E-state index contributed by atoms with van der Waals surface area (Å²) in [6.07, 6.45) is 3.68. The third-order valence-electron chi connectivity index (χ3n) is 2.21. The number of nitrogens with zero attached hydrogens (tertiary/aromatic N) is 2. The van der Waals surface area contributed by atoms with Crippen molar-refractivity contribution in [3.05, 3.63) is 55.6 Å². The molecule has 0 atom stereocenters. The van der Waals surface area contributed by atoms with E-state index >= 15 is 0 Å². The van der Waals surface area contributed by atoms with E-state index in [1.165, 1.54) is 0 Å². The molecule has 0 saturated carbocycles. The van der Waals surface area contributed by atoms with Crippen LogP contribution in [0.15, 0.2) is 55.6 Å². The molecular formula is C13H19N3. The normalized spacial score (nSPS) is 10.1. The van der Waals surface area contributed by atoms with Crippen LogP contribution in [-0.4, -0.2) is 25.3 Å². The lowest BCUT2D eigenvalue weighted by molar-refractivity contribution is 0.210. The second-order valence-corrected chi connectivity index (χ2v) is 3.38. The lowest BCUT2D eigenvalue weighted by Gasteiger charge is -2.32. The van der Waals surface area contributed by atoms with Crippen LogP contribution in [0, 0.1) is 0 Å². The second kappa shape index (κ2) is 6.82. The summed E-state index contributed by atoms with van der Waals surface area (Å²) in [6, 6.07) is 10.2. The molecule has 3 heteroatoms. The molecule has 0 saturated heterocycles. The summed E-state index contributed by atoms with van der Waals surface area (Å²) >= 11 is 0. The predicted molar refractivity (Wildman–Crippen MR) is 69.9 cm³/mol. The molecule has 0 spiro atoms. The zero-order chi connectivity index (χ0) is 11.8. The first-order valence-electron chi connectivity index (χ1n) is 5.31. The summed E-state index contributed by atoms with van der Waals surface area (Å²) in [6.45, 7) is 8.90. The van der Waals surface area contributed by atoms with Gasteiger partial charge in [-0.3, -0.25) is 5.01 Å². The van der Waals surface area contributed by atoms with Crippen LogP contribution in [0.5, 0.6) is 0 Å². The van der Waals surface area contributed by atoms with Crippen LogP contribution in [0.3, 0.4) is 0 Å². The highest BCUT2D eigenvalue weighted by atomic mass is 15.8. The minimum Gasteiger partial charge on any atom is -0.295 e. The Balaban J connectivity index is 2.69. The Morgan fingerprint density at radius 2 is 1.88 bits per heavy atom. The molecule has 1 aromatic rings. The van der Waals surface area contributed by atoms with E-state index in [0.29, 0.717) is 0 Å². The molecule has 0 fully saturated rings. The lowest BCUT2D eigenvalue weighted by atomic mass is 10.3. The van der Waals surface area contributed by atoms with Gasteiger partial charge in [-0.15, -0.1) is 13.2 Å². The van der Waals surface area contributed by atoms with Crippen molar-refractivity contribution >= 4 is 5.69 Å². The smallest absolute Gasteiger partial charge is 0.0532 e. The molecule has 0 aliphatic rings. The SMILES string of the molecule is C=CCNN(CC=C)N(C)c1ccccc1. The van der Waals surface area contributed by atoms with Crippen LogP contribution >= 0.6 is 0 Å². The van der Waals surface area contributed by atoms with Gasteiger partial charge >= 0.3 is 0 Å². The Bertz CT molecular complexity index is 321. The maximum Gasteiger partial charge on any atom is 0.0532 e. The first-order valence-corrected chi connectivity index (χ1v) is 5.31. The summed E-state index contributed by atoms with van der Waals surface area (Å²) < 4.78 is 0. The van der Waals surface area contributed by atoms with Gasteiger partial charge in [-0.05, 0) is 12.1 Å². The Hall–Kier alpha value is -1.58. The molecule has 16 heavy (non-hydrogen) atoms. The van der Waals surface area contributed by atoms with Crippen molar-refractivity contribution in [3.63, 3.8) is 0 Å². The first-order chi connectivity index (χ1) is 7.79.